The topological polar surface area (TPSA) is 95.7 Å². The van der Waals surface area contributed by atoms with Crippen molar-refractivity contribution in [3.05, 3.63) is 65.7 Å². The summed E-state index contributed by atoms with van der Waals surface area (Å²) in [4.78, 5) is 35.0. The van der Waals surface area contributed by atoms with E-state index in [1.807, 2.05) is 0 Å². The number of nitrogens with two attached hydrogens (primary N) is 1. The Balaban J connectivity index is 1.93. The van der Waals surface area contributed by atoms with Gasteiger partial charge in [0.2, 0.25) is 6.10 Å². The maximum Gasteiger partial charge on any atom is 0.345 e. The van der Waals surface area contributed by atoms with Crippen LogP contribution in [0.15, 0.2) is 54.6 Å². The van der Waals surface area contributed by atoms with Crippen LogP contribution in [-0.4, -0.2) is 24.3 Å². The van der Waals surface area contributed by atoms with Crippen molar-refractivity contribution < 1.29 is 23.9 Å². The third-order valence-electron chi connectivity index (χ3n) is 3.46. The van der Waals surface area contributed by atoms with Gasteiger partial charge in [-0.1, -0.05) is 37.3 Å². The molecule has 2 aromatic rings. The normalized spacial score (nSPS) is 11.4. The first-order valence-electron chi connectivity index (χ1n) is 7.81. The first-order chi connectivity index (χ1) is 12.0. The molecular weight excluding hydrogens is 322 g/mol. The molecule has 0 aliphatic rings. The van der Waals surface area contributed by atoms with Crippen LogP contribution < -0.4 is 10.5 Å². The lowest BCUT2D eigenvalue weighted by Gasteiger charge is -2.15. The smallest absolute Gasteiger partial charge is 0.345 e. The number of ketones is 1. The van der Waals surface area contributed by atoms with Gasteiger partial charge in [0.25, 0.3) is 5.91 Å². The van der Waals surface area contributed by atoms with E-state index in [4.69, 9.17) is 15.2 Å². The number of hydrogen-bond acceptors (Lipinski definition) is 5. The molecule has 0 aromatic heterocycles. The minimum absolute atomic E-state index is 0.0260. The fourth-order valence-corrected chi connectivity index (χ4v) is 2.17. The Labute approximate surface area is 145 Å². The third kappa shape index (κ3) is 5.17. The first kappa shape index (κ1) is 18.2. The van der Waals surface area contributed by atoms with Gasteiger partial charge in [-0.3, -0.25) is 9.59 Å². The molecule has 0 bridgehead atoms. The number of primary amides is 1. The summed E-state index contributed by atoms with van der Waals surface area (Å²) < 4.78 is 10.4. The van der Waals surface area contributed by atoms with Crippen LogP contribution in [0.1, 0.15) is 35.4 Å². The first-order valence-corrected chi connectivity index (χ1v) is 7.81. The highest BCUT2D eigenvalue weighted by Crippen LogP contribution is 2.18. The van der Waals surface area contributed by atoms with Gasteiger partial charge in [0.1, 0.15) is 5.75 Å². The van der Waals surface area contributed by atoms with Gasteiger partial charge in [0.15, 0.2) is 12.4 Å². The molecule has 0 heterocycles. The van der Waals surface area contributed by atoms with Crippen LogP contribution >= 0.6 is 0 Å². The van der Waals surface area contributed by atoms with Gasteiger partial charge >= 0.3 is 5.97 Å². The molecule has 25 heavy (non-hydrogen) atoms. The summed E-state index contributed by atoms with van der Waals surface area (Å²) in [6, 6.07) is 15.0. The Morgan fingerprint density at radius 2 is 1.64 bits per heavy atom. The minimum atomic E-state index is -1.16. The molecule has 0 spiro atoms. The average molecular weight is 341 g/mol. The number of amides is 1. The van der Waals surface area contributed by atoms with Crippen LogP contribution in [0.3, 0.4) is 0 Å². The summed E-state index contributed by atoms with van der Waals surface area (Å²) in [5.41, 5.74) is 6.36. The fourth-order valence-electron chi connectivity index (χ4n) is 2.17. The minimum Gasteiger partial charge on any atom is -0.482 e. The maximum absolute atomic E-state index is 11.9. The standard InChI is InChI=1S/C19H19NO5/c1-2-16(21)13-8-10-15(11-9-13)24-12-17(22)25-18(19(20)23)14-6-4-3-5-7-14/h3-11,18H,2,12H2,1H3,(H2,20,23). The highest BCUT2D eigenvalue weighted by Gasteiger charge is 2.22. The Hall–Kier alpha value is -3.15. The molecule has 0 fully saturated rings. The van der Waals surface area contributed by atoms with E-state index in [1.54, 1.807) is 61.5 Å². The van der Waals surface area contributed by atoms with Crippen molar-refractivity contribution in [1.82, 2.24) is 0 Å². The average Bonchev–Trinajstić information content (AvgIpc) is 2.64. The number of Topliss-reactive ketones (excluding diaryl/α,β-unsaturated/α-hetero) is 1. The van der Waals surface area contributed by atoms with Crippen molar-refractivity contribution in [1.29, 1.82) is 0 Å². The number of benzene rings is 2. The van der Waals surface area contributed by atoms with Crippen LogP contribution in [-0.2, 0) is 14.3 Å². The second kappa shape index (κ2) is 8.63. The number of rotatable bonds is 8. The van der Waals surface area contributed by atoms with Crippen LogP contribution in [0.2, 0.25) is 0 Å². The fraction of sp³-hybridized carbons (Fsp3) is 0.211. The number of esters is 1. The summed E-state index contributed by atoms with van der Waals surface area (Å²) in [5, 5.41) is 0. The molecule has 0 aliphatic heterocycles. The van der Waals surface area contributed by atoms with Gasteiger partial charge in [0.05, 0.1) is 0 Å². The summed E-state index contributed by atoms with van der Waals surface area (Å²) in [6.07, 6.45) is -0.748. The van der Waals surface area contributed by atoms with E-state index in [2.05, 4.69) is 0 Å². The molecule has 2 aromatic carbocycles. The predicted molar refractivity (Wildman–Crippen MR) is 91.0 cm³/mol. The van der Waals surface area contributed by atoms with E-state index < -0.39 is 18.0 Å². The summed E-state index contributed by atoms with van der Waals surface area (Å²) in [6.45, 7) is 1.41. The molecule has 1 amide bonds. The van der Waals surface area contributed by atoms with Crippen LogP contribution in [0.5, 0.6) is 5.75 Å². The molecular formula is C19H19NO5. The largest absolute Gasteiger partial charge is 0.482 e. The molecule has 6 nitrogen and oxygen atoms in total. The van der Waals surface area contributed by atoms with Crippen molar-refractivity contribution in [3.8, 4) is 5.75 Å². The lowest BCUT2D eigenvalue weighted by atomic mass is 10.1. The highest BCUT2D eigenvalue weighted by molar-refractivity contribution is 5.95. The quantitative estimate of drug-likeness (QED) is 0.588. The van der Waals surface area contributed by atoms with Crippen molar-refractivity contribution in [3.63, 3.8) is 0 Å². The molecule has 0 aliphatic carbocycles. The lowest BCUT2D eigenvalue weighted by molar-refractivity contribution is -0.157. The zero-order chi connectivity index (χ0) is 18.2. The molecule has 1 atom stereocenters. The monoisotopic (exact) mass is 341 g/mol. The molecule has 0 saturated carbocycles. The summed E-state index contributed by atoms with van der Waals surface area (Å²) in [5.74, 6) is -1.04. The van der Waals surface area contributed by atoms with Crippen molar-refractivity contribution in [2.75, 3.05) is 6.61 Å². The van der Waals surface area contributed by atoms with E-state index in [-0.39, 0.29) is 12.4 Å². The maximum atomic E-state index is 11.9. The molecule has 1 unspecified atom stereocenters. The molecule has 0 radical (unpaired) electrons. The summed E-state index contributed by atoms with van der Waals surface area (Å²) >= 11 is 0. The van der Waals surface area contributed by atoms with Gasteiger partial charge in [-0.2, -0.15) is 0 Å². The Bertz CT molecular complexity index is 740. The molecule has 2 N–H and O–H groups in total. The predicted octanol–water partition coefficient (Wildman–Crippen LogP) is 2.43. The van der Waals surface area contributed by atoms with E-state index in [9.17, 15) is 14.4 Å². The number of hydrogen-bond donors (Lipinski definition) is 1. The zero-order valence-corrected chi connectivity index (χ0v) is 13.8. The van der Waals surface area contributed by atoms with Gasteiger partial charge in [-0.05, 0) is 24.3 Å². The highest BCUT2D eigenvalue weighted by atomic mass is 16.6. The van der Waals surface area contributed by atoms with Crippen molar-refractivity contribution in [2.24, 2.45) is 5.73 Å². The van der Waals surface area contributed by atoms with Crippen molar-refractivity contribution >= 4 is 17.7 Å². The number of ether oxygens (including phenoxy) is 2. The van der Waals surface area contributed by atoms with Crippen LogP contribution in [0.4, 0.5) is 0 Å². The van der Waals surface area contributed by atoms with E-state index in [0.29, 0.717) is 23.3 Å². The zero-order valence-electron chi connectivity index (χ0n) is 13.8. The third-order valence-corrected chi connectivity index (χ3v) is 3.46. The van der Waals surface area contributed by atoms with Gasteiger partial charge in [-0.25, -0.2) is 4.79 Å². The number of carbonyl (C=O) groups excluding carboxylic acids is 3. The van der Waals surface area contributed by atoms with Crippen molar-refractivity contribution in [2.45, 2.75) is 19.4 Å². The van der Waals surface area contributed by atoms with E-state index in [0.717, 1.165) is 0 Å². The van der Waals surface area contributed by atoms with E-state index in [1.165, 1.54) is 0 Å². The molecule has 6 heteroatoms. The Morgan fingerprint density at radius 1 is 1.00 bits per heavy atom. The lowest BCUT2D eigenvalue weighted by Crippen LogP contribution is -2.28. The second-order valence-corrected chi connectivity index (χ2v) is 5.27. The molecule has 130 valence electrons. The Morgan fingerprint density at radius 3 is 2.20 bits per heavy atom. The Kier molecular flexibility index (Phi) is 6.28. The summed E-state index contributed by atoms with van der Waals surface area (Å²) in [7, 11) is 0. The molecule has 0 saturated heterocycles. The molecule has 2 rings (SSSR count). The van der Waals surface area contributed by atoms with Gasteiger partial charge in [-0.15, -0.1) is 0 Å². The SMILES string of the molecule is CCC(=O)c1ccc(OCC(=O)OC(C(N)=O)c2ccccc2)cc1. The van der Waals surface area contributed by atoms with E-state index >= 15 is 0 Å². The second-order valence-electron chi connectivity index (χ2n) is 5.27. The van der Waals surface area contributed by atoms with Gasteiger partial charge < -0.3 is 15.2 Å². The van der Waals surface area contributed by atoms with Gasteiger partial charge in [0, 0.05) is 17.5 Å². The van der Waals surface area contributed by atoms with Crippen LogP contribution in [0, 0.1) is 0 Å². The number of carbonyl (C=O) groups is 3. The van der Waals surface area contributed by atoms with Crippen LogP contribution in [0.25, 0.3) is 0 Å².